The van der Waals surface area contributed by atoms with E-state index in [2.05, 4.69) is 30.9 Å². The van der Waals surface area contributed by atoms with Gasteiger partial charge in [-0.1, -0.05) is 25.9 Å². The monoisotopic (exact) mass is 241 g/mol. The van der Waals surface area contributed by atoms with Gasteiger partial charge >= 0.3 is 0 Å². The topological polar surface area (TPSA) is 64.9 Å². The molecule has 1 aromatic rings. The first kappa shape index (κ1) is 11.9. The van der Waals surface area contributed by atoms with Crippen LogP contribution in [0.15, 0.2) is 4.52 Å². The van der Waals surface area contributed by atoms with Gasteiger partial charge in [-0.05, 0) is 24.0 Å². The van der Waals surface area contributed by atoms with Gasteiger partial charge in [0.1, 0.15) is 0 Å². The summed E-state index contributed by atoms with van der Waals surface area (Å²) in [5.74, 6) is 2.58. The Hall–Kier alpha value is -0.550. The minimum Gasteiger partial charge on any atom is -0.338 e. The molecule has 2 heterocycles. The van der Waals surface area contributed by atoms with Crippen molar-refractivity contribution in [2.75, 3.05) is 5.75 Å². The van der Waals surface area contributed by atoms with Gasteiger partial charge in [0.15, 0.2) is 5.82 Å². The van der Waals surface area contributed by atoms with Gasteiger partial charge in [0.2, 0.25) is 5.89 Å². The van der Waals surface area contributed by atoms with Crippen LogP contribution in [0.5, 0.6) is 0 Å². The van der Waals surface area contributed by atoms with Crippen LogP contribution >= 0.6 is 11.8 Å². The number of nitrogens with two attached hydrogens (primary N) is 1. The van der Waals surface area contributed by atoms with Crippen LogP contribution in [0.1, 0.15) is 56.6 Å². The van der Waals surface area contributed by atoms with Crippen molar-refractivity contribution in [2.24, 2.45) is 11.1 Å². The first-order valence-corrected chi connectivity index (χ1v) is 6.74. The molecule has 1 aromatic heterocycles. The van der Waals surface area contributed by atoms with Crippen molar-refractivity contribution >= 4 is 11.8 Å². The van der Waals surface area contributed by atoms with E-state index in [1.807, 2.05) is 11.8 Å². The van der Waals surface area contributed by atoms with Gasteiger partial charge in [0, 0.05) is 0 Å². The van der Waals surface area contributed by atoms with E-state index in [0.29, 0.717) is 11.1 Å². The molecule has 2 N–H and O–H groups in total. The first-order chi connectivity index (χ1) is 7.48. The van der Waals surface area contributed by atoms with Crippen molar-refractivity contribution in [1.82, 2.24) is 10.1 Å². The molecule has 0 saturated carbocycles. The zero-order chi connectivity index (χ0) is 11.8. The molecule has 1 unspecified atom stereocenters. The van der Waals surface area contributed by atoms with Gasteiger partial charge in [-0.2, -0.15) is 16.7 Å². The Balaban J connectivity index is 2.12. The molecule has 4 nitrogen and oxygen atoms in total. The van der Waals surface area contributed by atoms with Crippen molar-refractivity contribution in [1.29, 1.82) is 0 Å². The molecule has 2 rings (SSSR count). The maximum absolute atomic E-state index is 6.08. The van der Waals surface area contributed by atoms with E-state index >= 15 is 0 Å². The molecule has 0 aliphatic carbocycles. The molecule has 0 aromatic carbocycles. The van der Waals surface area contributed by atoms with Crippen LogP contribution in [0.3, 0.4) is 0 Å². The smallest absolute Gasteiger partial charge is 0.244 e. The lowest BCUT2D eigenvalue weighted by atomic mass is 9.87. The molecule has 0 bridgehead atoms. The number of nitrogens with zero attached hydrogens (tertiary/aromatic N) is 2. The van der Waals surface area contributed by atoms with E-state index in [9.17, 15) is 0 Å². The van der Waals surface area contributed by atoms with Crippen LogP contribution in [0.25, 0.3) is 0 Å². The predicted molar refractivity (Wildman–Crippen MR) is 65.1 cm³/mol. The minimum atomic E-state index is -0.194. The Morgan fingerprint density at radius 3 is 2.81 bits per heavy atom. The maximum Gasteiger partial charge on any atom is 0.244 e. The highest BCUT2D eigenvalue weighted by atomic mass is 32.2. The van der Waals surface area contributed by atoms with E-state index in [-0.39, 0.29) is 11.5 Å². The highest BCUT2D eigenvalue weighted by molar-refractivity contribution is 7.99. The Labute approximate surface area is 100 Å². The van der Waals surface area contributed by atoms with Gasteiger partial charge in [-0.25, -0.2) is 0 Å². The molecule has 1 saturated heterocycles. The van der Waals surface area contributed by atoms with Gasteiger partial charge < -0.3 is 10.3 Å². The van der Waals surface area contributed by atoms with Gasteiger partial charge in [-0.15, -0.1) is 0 Å². The summed E-state index contributed by atoms with van der Waals surface area (Å²) in [6, 6.07) is -0.194. The van der Waals surface area contributed by atoms with E-state index in [1.165, 1.54) is 12.2 Å². The lowest BCUT2D eigenvalue weighted by Crippen LogP contribution is -2.26. The third-order valence-electron chi connectivity index (χ3n) is 2.87. The lowest BCUT2D eigenvalue weighted by molar-refractivity contribution is 0.252. The number of aromatic nitrogens is 2. The Morgan fingerprint density at radius 1 is 1.50 bits per heavy atom. The fraction of sp³-hybridized carbons (Fsp3) is 0.818. The zero-order valence-electron chi connectivity index (χ0n) is 10.1. The summed E-state index contributed by atoms with van der Waals surface area (Å²) in [7, 11) is 0. The van der Waals surface area contributed by atoms with Crippen LogP contribution in [-0.4, -0.2) is 15.9 Å². The number of hydrogen-bond donors (Lipinski definition) is 1. The van der Waals surface area contributed by atoms with Gasteiger partial charge in [0.05, 0.1) is 11.3 Å². The molecule has 16 heavy (non-hydrogen) atoms. The summed E-state index contributed by atoms with van der Waals surface area (Å²) in [6.45, 7) is 6.23. The maximum atomic E-state index is 6.08. The van der Waals surface area contributed by atoms with Crippen molar-refractivity contribution in [3.05, 3.63) is 11.7 Å². The quantitative estimate of drug-likeness (QED) is 0.862. The summed E-state index contributed by atoms with van der Waals surface area (Å²) < 4.78 is 5.27. The molecular formula is C11H19N3OS. The Morgan fingerprint density at radius 2 is 2.25 bits per heavy atom. The molecule has 0 amide bonds. The van der Waals surface area contributed by atoms with Crippen LogP contribution in [0.2, 0.25) is 0 Å². The fourth-order valence-electron chi connectivity index (χ4n) is 1.66. The van der Waals surface area contributed by atoms with Crippen molar-refractivity contribution in [3.63, 3.8) is 0 Å². The second-order valence-corrected chi connectivity index (χ2v) is 6.65. The van der Waals surface area contributed by atoms with E-state index in [4.69, 9.17) is 10.3 Å². The van der Waals surface area contributed by atoms with Crippen LogP contribution in [0.4, 0.5) is 0 Å². The van der Waals surface area contributed by atoms with E-state index in [1.54, 1.807) is 0 Å². The molecule has 1 aliphatic rings. The Bertz CT molecular complexity index is 352. The second-order valence-electron chi connectivity index (χ2n) is 5.34. The SMILES string of the molecule is CC(C)(C)[C@@H](N)c1nc(C2CCCS2)no1. The molecule has 1 aliphatic heterocycles. The largest absolute Gasteiger partial charge is 0.338 e. The molecule has 5 heteroatoms. The lowest BCUT2D eigenvalue weighted by Gasteiger charge is -2.23. The first-order valence-electron chi connectivity index (χ1n) is 5.69. The van der Waals surface area contributed by atoms with Crippen LogP contribution in [-0.2, 0) is 0 Å². The summed E-state index contributed by atoms with van der Waals surface area (Å²) in [6.07, 6.45) is 2.39. The average molecular weight is 241 g/mol. The van der Waals surface area contributed by atoms with Crippen molar-refractivity contribution < 1.29 is 4.52 Å². The van der Waals surface area contributed by atoms with Crippen LogP contribution < -0.4 is 5.73 Å². The summed E-state index contributed by atoms with van der Waals surface area (Å²) in [5, 5.41) is 4.45. The van der Waals surface area contributed by atoms with E-state index in [0.717, 1.165) is 12.2 Å². The molecule has 0 spiro atoms. The molecule has 0 radical (unpaired) electrons. The summed E-state index contributed by atoms with van der Waals surface area (Å²) in [4.78, 5) is 4.44. The van der Waals surface area contributed by atoms with E-state index < -0.39 is 0 Å². The zero-order valence-corrected chi connectivity index (χ0v) is 10.9. The predicted octanol–water partition coefficient (Wildman–Crippen LogP) is 2.68. The average Bonchev–Trinajstić information content (AvgIpc) is 2.85. The third kappa shape index (κ3) is 2.40. The molecule has 90 valence electrons. The second kappa shape index (κ2) is 4.37. The molecular weight excluding hydrogens is 222 g/mol. The standard InChI is InChI=1S/C11H19N3OS/c1-11(2,3)8(12)10-13-9(14-15-10)7-5-4-6-16-7/h7-8H,4-6,12H2,1-3H3/t7?,8-/m0/s1. The third-order valence-corrected chi connectivity index (χ3v) is 4.25. The molecule has 1 fully saturated rings. The number of rotatable bonds is 2. The van der Waals surface area contributed by atoms with Gasteiger partial charge in [0.25, 0.3) is 0 Å². The molecule has 2 atom stereocenters. The summed E-state index contributed by atoms with van der Waals surface area (Å²) >= 11 is 1.90. The summed E-state index contributed by atoms with van der Waals surface area (Å²) in [5.41, 5.74) is 6.03. The van der Waals surface area contributed by atoms with Crippen molar-refractivity contribution in [2.45, 2.75) is 44.9 Å². The fourth-order valence-corrected chi connectivity index (χ4v) is 2.85. The normalized spacial score (nSPS) is 23.6. The van der Waals surface area contributed by atoms with Gasteiger partial charge in [-0.3, -0.25) is 0 Å². The number of hydrogen-bond acceptors (Lipinski definition) is 5. The highest BCUT2D eigenvalue weighted by Crippen LogP contribution is 2.39. The number of thioether (sulfide) groups is 1. The highest BCUT2D eigenvalue weighted by Gasteiger charge is 2.29. The Kier molecular flexibility index (Phi) is 3.26. The van der Waals surface area contributed by atoms with Crippen molar-refractivity contribution in [3.8, 4) is 0 Å². The van der Waals surface area contributed by atoms with Crippen LogP contribution in [0, 0.1) is 5.41 Å². The minimum absolute atomic E-state index is 0.0490.